The maximum atomic E-state index is 13.0. The van der Waals surface area contributed by atoms with Crippen LogP contribution in [0.3, 0.4) is 0 Å². The fourth-order valence-electron chi connectivity index (χ4n) is 2.46. The van der Waals surface area contributed by atoms with Gasteiger partial charge in [-0.15, -0.1) is 0 Å². The molecule has 0 saturated heterocycles. The Morgan fingerprint density at radius 3 is 2.44 bits per heavy atom. The highest BCUT2D eigenvalue weighted by atomic mass is 35.5. The average Bonchev–Trinajstić information content (AvgIpc) is 3.04. The van der Waals surface area contributed by atoms with Gasteiger partial charge in [0.1, 0.15) is 11.5 Å². The molecule has 0 aliphatic carbocycles. The Bertz CT molecular complexity index is 904. The summed E-state index contributed by atoms with van der Waals surface area (Å²) in [5.74, 6) is 0.967. The molecule has 3 rings (SSSR count). The fraction of sp³-hybridized carbons (Fsp3) is 0.222. The number of aromatic nitrogens is 1. The van der Waals surface area contributed by atoms with Crippen LogP contribution in [-0.2, 0) is 0 Å². The van der Waals surface area contributed by atoms with E-state index in [2.05, 4.69) is 4.98 Å². The van der Waals surface area contributed by atoms with Gasteiger partial charge in [-0.1, -0.05) is 22.9 Å². The second-order valence-electron chi connectivity index (χ2n) is 5.26. The van der Waals surface area contributed by atoms with Gasteiger partial charge in [0, 0.05) is 23.2 Å². The van der Waals surface area contributed by atoms with E-state index in [9.17, 15) is 4.79 Å². The molecule has 0 N–H and O–H groups in total. The predicted octanol–water partition coefficient (Wildman–Crippen LogP) is 4.63. The monoisotopic (exact) mass is 376 g/mol. The summed E-state index contributed by atoms with van der Waals surface area (Å²) in [5.41, 5.74) is 1.26. The van der Waals surface area contributed by atoms with Crippen LogP contribution in [0.1, 0.15) is 17.3 Å². The molecule has 0 unspecified atom stereocenters. The molecule has 1 amide bonds. The Morgan fingerprint density at radius 2 is 1.84 bits per heavy atom. The summed E-state index contributed by atoms with van der Waals surface area (Å²) in [6.45, 7) is 2.40. The molecule has 5 nitrogen and oxygen atoms in total. The first kappa shape index (κ1) is 17.5. The number of methoxy groups -OCH3 is 2. The third-order valence-corrected chi connectivity index (χ3v) is 5.02. The highest BCUT2D eigenvalue weighted by Crippen LogP contribution is 2.32. The number of benzene rings is 2. The molecule has 0 radical (unpaired) electrons. The number of ether oxygens (including phenoxy) is 2. The number of carbonyl (C=O) groups excluding carboxylic acids is 1. The SMILES string of the molecule is CCN(C(=O)c1cc(OC)cc(OC)c1)c1nc2cc(Cl)ccc2s1. The Morgan fingerprint density at radius 1 is 1.16 bits per heavy atom. The molecular weight excluding hydrogens is 360 g/mol. The van der Waals surface area contributed by atoms with Gasteiger partial charge in [-0.25, -0.2) is 4.98 Å². The van der Waals surface area contributed by atoms with Crippen molar-refractivity contribution in [3.05, 3.63) is 47.0 Å². The molecule has 1 aromatic heterocycles. The second kappa shape index (κ2) is 7.29. The number of rotatable bonds is 5. The van der Waals surface area contributed by atoms with Crippen molar-refractivity contribution in [2.45, 2.75) is 6.92 Å². The molecular formula is C18H17ClN2O3S. The van der Waals surface area contributed by atoms with Crippen LogP contribution in [0, 0.1) is 0 Å². The van der Waals surface area contributed by atoms with Gasteiger partial charge < -0.3 is 9.47 Å². The van der Waals surface area contributed by atoms with E-state index in [1.807, 2.05) is 19.1 Å². The van der Waals surface area contributed by atoms with Crippen molar-refractivity contribution < 1.29 is 14.3 Å². The highest BCUT2D eigenvalue weighted by molar-refractivity contribution is 7.22. The molecule has 0 aliphatic heterocycles. The molecule has 0 fully saturated rings. The minimum atomic E-state index is -0.162. The number of hydrogen-bond donors (Lipinski definition) is 0. The van der Waals surface area contributed by atoms with E-state index in [0.717, 1.165) is 10.2 Å². The van der Waals surface area contributed by atoms with E-state index in [1.165, 1.54) is 11.3 Å². The van der Waals surface area contributed by atoms with Gasteiger partial charge in [0.2, 0.25) is 0 Å². The molecule has 130 valence electrons. The Hall–Kier alpha value is -2.31. The van der Waals surface area contributed by atoms with Crippen LogP contribution in [0.25, 0.3) is 10.2 Å². The van der Waals surface area contributed by atoms with E-state index < -0.39 is 0 Å². The van der Waals surface area contributed by atoms with E-state index in [0.29, 0.717) is 33.8 Å². The number of amides is 1. The summed E-state index contributed by atoms with van der Waals surface area (Å²) >= 11 is 7.48. The second-order valence-corrected chi connectivity index (χ2v) is 6.70. The average molecular weight is 377 g/mol. The largest absolute Gasteiger partial charge is 0.497 e. The van der Waals surface area contributed by atoms with E-state index in [4.69, 9.17) is 21.1 Å². The third-order valence-electron chi connectivity index (χ3n) is 3.73. The third kappa shape index (κ3) is 3.55. The van der Waals surface area contributed by atoms with Gasteiger partial charge >= 0.3 is 0 Å². The topological polar surface area (TPSA) is 51.7 Å². The van der Waals surface area contributed by atoms with Gasteiger partial charge in [0.15, 0.2) is 5.13 Å². The van der Waals surface area contributed by atoms with Crippen LogP contribution >= 0.6 is 22.9 Å². The van der Waals surface area contributed by atoms with E-state index in [1.54, 1.807) is 43.4 Å². The first-order chi connectivity index (χ1) is 12.0. The van der Waals surface area contributed by atoms with Crippen molar-refractivity contribution in [2.75, 3.05) is 25.7 Å². The molecule has 3 aromatic rings. The zero-order valence-corrected chi connectivity index (χ0v) is 15.6. The standard InChI is InChI=1S/C18H17ClN2O3S/c1-4-21(18-20-15-9-12(19)5-6-16(15)25-18)17(22)11-7-13(23-2)10-14(8-11)24-3/h5-10H,4H2,1-3H3. The maximum absolute atomic E-state index is 13.0. The number of hydrogen-bond acceptors (Lipinski definition) is 5. The van der Waals surface area contributed by atoms with Crippen LogP contribution in [0.15, 0.2) is 36.4 Å². The molecule has 0 bridgehead atoms. The van der Waals surface area contributed by atoms with Gasteiger partial charge in [-0.2, -0.15) is 0 Å². The first-order valence-electron chi connectivity index (χ1n) is 7.66. The highest BCUT2D eigenvalue weighted by Gasteiger charge is 2.21. The predicted molar refractivity (Wildman–Crippen MR) is 102 cm³/mol. The molecule has 0 atom stereocenters. The maximum Gasteiger partial charge on any atom is 0.260 e. The molecule has 1 heterocycles. The molecule has 7 heteroatoms. The molecule has 2 aromatic carbocycles. The Labute approximate surface area is 154 Å². The summed E-state index contributed by atoms with van der Waals surface area (Å²) < 4.78 is 11.5. The molecule has 0 spiro atoms. The lowest BCUT2D eigenvalue weighted by atomic mass is 10.1. The summed E-state index contributed by atoms with van der Waals surface area (Å²) in [5, 5.41) is 1.25. The fourth-order valence-corrected chi connectivity index (χ4v) is 3.63. The minimum Gasteiger partial charge on any atom is -0.497 e. The summed E-state index contributed by atoms with van der Waals surface area (Å²) in [6, 6.07) is 10.6. The first-order valence-corrected chi connectivity index (χ1v) is 8.86. The van der Waals surface area contributed by atoms with Crippen LogP contribution < -0.4 is 14.4 Å². The van der Waals surface area contributed by atoms with Crippen LogP contribution in [0.5, 0.6) is 11.5 Å². The van der Waals surface area contributed by atoms with Crippen molar-refractivity contribution in [1.29, 1.82) is 0 Å². The van der Waals surface area contributed by atoms with Crippen LogP contribution in [-0.4, -0.2) is 31.7 Å². The number of fused-ring (bicyclic) bond motifs is 1. The zero-order chi connectivity index (χ0) is 18.0. The van der Waals surface area contributed by atoms with E-state index in [-0.39, 0.29) is 5.91 Å². The zero-order valence-electron chi connectivity index (χ0n) is 14.1. The number of thiazole rings is 1. The number of halogens is 1. The molecule has 0 aliphatic rings. The van der Waals surface area contributed by atoms with Gasteiger partial charge in [-0.3, -0.25) is 9.69 Å². The Kier molecular flexibility index (Phi) is 5.11. The summed E-state index contributed by atoms with van der Waals surface area (Å²) in [7, 11) is 3.11. The van der Waals surface area contributed by atoms with E-state index >= 15 is 0 Å². The lowest BCUT2D eigenvalue weighted by Gasteiger charge is -2.18. The Balaban J connectivity index is 2.00. The van der Waals surface area contributed by atoms with Gasteiger partial charge in [0.25, 0.3) is 5.91 Å². The minimum absolute atomic E-state index is 0.162. The summed E-state index contributed by atoms with van der Waals surface area (Å²) in [4.78, 5) is 19.2. The number of nitrogens with zero attached hydrogens (tertiary/aromatic N) is 2. The van der Waals surface area contributed by atoms with Crippen LogP contribution in [0.2, 0.25) is 5.02 Å². The van der Waals surface area contributed by atoms with Gasteiger partial charge in [0.05, 0.1) is 24.4 Å². The smallest absolute Gasteiger partial charge is 0.260 e. The van der Waals surface area contributed by atoms with Crippen molar-refractivity contribution >= 4 is 44.2 Å². The van der Waals surface area contributed by atoms with Crippen molar-refractivity contribution in [3.8, 4) is 11.5 Å². The van der Waals surface area contributed by atoms with Gasteiger partial charge in [-0.05, 0) is 37.3 Å². The summed E-state index contributed by atoms with van der Waals surface area (Å²) in [6.07, 6.45) is 0. The van der Waals surface area contributed by atoms with Crippen molar-refractivity contribution in [1.82, 2.24) is 4.98 Å². The lowest BCUT2D eigenvalue weighted by Crippen LogP contribution is -2.30. The quantitative estimate of drug-likeness (QED) is 0.651. The molecule has 0 saturated carbocycles. The molecule has 25 heavy (non-hydrogen) atoms. The van der Waals surface area contributed by atoms with Crippen molar-refractivity contribution in [3.63, 3.8) is 0 Å². The normalized spacial score (nSPS) is 10.7. The number of anilines is 1. The van der Waals surface area contributed by atoms with Crippen LogP contribution in [0.4, 0.5) is 5.13 Å². The lowest BCUT2D eigenvalue weighted by molar-refractivity contribution is 0.0987. The van der Waals surface area contributed by atoms with Crippen molar-refractivity contribution in [2.24, 2.45) is 0 Å². The number of carbonyl (C=O) groups is 1.